The molecule has 0 unspecified atom stereocenters. The van der Waals surface area contributed by atoms with Gasteiger partial charge in [0.2, 0.25) is 10.0 Å². The number of aryl methyl sites for hydroxylation is 1. The molecule has 2 rings (SSSR count). The predicted molar refractivity (Wildman–Crippen MR) is 79.5 cm³/mol. The van der Waals surface area contributed by atoms with E-state index in [2.05, 4.69) is 4.72 Å². The van der Waals surface area contributed by atoms with Crippen molar-refractivity contribution < 1.29 is 17.6 Å². The van der Waals surface area contributed by atoms with Gasteiger partial charge in [-0.2, -0.15) is 0 Å². The maximum absolute atomic E-state index is 13.8. The lowest BCUT2D eigenvalue weighted by molar-refractivity contribution is 0.103. The van der Waals surface area contributed by atoms with Crippen LogP contribution in [0.15, 0.2) is 42.5 Å². The predicted octanol–water partition coefficient (Wildman–Crippen LogP) is 2.74. The Morgan fingerprint density at radius 1 is 1.10 bits per heavy atom. The van der Waals surface area contributed by atoms with Crippen LogP contribution in [0.1, 0.15) is 21.5 Å². The molecule has 0 aliphatic rings. The molecule has 1 N–H and O–H groups in total. The largest absolute Gasteiger partial charge is 0.288 e. The Morgan fingerprint density at radius 3 is 2.24 bits per heavy atom. The summed E-state index contributed by atoms with van der Waals surface area (Å²) in [5.41, 5.74) is 1.36. The molecule has 0 aliphatic carbocycles. The average molecular weight is 307 g/mol. The lowest BCUT2D eigenvalue weighted by Crippen LogP contribution is -2.10. The molecule has 0 saturated heterocycles. The first kappa shape index (κ1) is 15.2. The molecule has 2 aromatic rings. The fourth-order valence-corrected chi connectivity index (χ4v) is 2.43. The molecule has 0 spiro atoms. The third kappa shape index (κ3) is 3.88. The maximum atomic E-state index is 13.8. The molecular formula is C15H14FNO3S. The third-order valence-electron chi connectivity index (χ3n) is 2.82. The number of benzene rings is 2. The molecule has 0 amide bonds. The van der Waals surface area contributed by atoms with Crippen LogP contribution in [-0.4, -0.2) is 20.5 Å². The van der Waals surface area contributed by atoms with E-state index >= 15 is 0 Å². The van der Waals surface area contributed by atoms with Gasteiger partial charge in [-0.25, -0.2) is 12.8 Å². The lowest BCUT2D eigenvalue weighted by Gasteiger charge is -2.06. The second-order valence-corrected chi connectivity index (χ2v) is 6.51. The molecule has 21 heavy (non-hydrogen) atoms. The van der Waals surface area contributed by atoms with Gasteiger partial charge in [-0.05, 0) is 48.9 Å². The van der Waals surface area contributed by atoms with E-state index < -0.39 is 21.6 Å². The third-order valence-corrected chi connectivity index (χ3v) is 3.43. The summed E-state index contributed by atoms with van der Waals surface area (Å²) in [5, 5.41) is 0. The van der Waals surface area contributed by atoms with Crippen LogP contribution in [-0.2, 0) is 10.0 Å². The highest BCUT2D eigenvalue weighted by molar-refractivity contribution is 7.92. The van der Waals surface area contributed by atoms with Crippen molar-refractivity contribution >= 4 is 21.5 Å². The first-order valence-corrected chi connectivity index (χ1v) is 8.04. The van der Waals surface area contributed by atoms with Crippen LogP contribution >= 0.6 is 0 Å². The van der Waals surface area contributed by atoms with Crippen molar-refractivity contribution in [2.45, 2.75) is 6.92 Å². The SMILES string of the molecule is Cc1ccc(C(=O)c2ccc(NS(C)(=O)=O)cc2)c(F)c1. The number of carbonyl (C=O) groups excluding carboxylic acids is 1. The van der Waals surface area contributed by atoms with E-state index in [0.29, 0.717) is 5.69 Å². The quantitative estimate of drug-likeness (QED) is 0.883. The molecule has 0 saturated carbocycles. The number of hydrogen-bond acceptors (Lipinski definition) is 3. The van der Waals surface area contributed by atoms with Gasteiger partial charge in [-0.3, -0.25) is 9.52 Å². The summed E-state index contributed by atoms with van der Waals surface area (Å²) in [6, 6.07) is 10.2. The molecule has 0 aromatic heterocycles. The van der Waals surface area contributed by atoms with Gasteiger partial charge in [0, 0.05) is 11.3 Å². The standard InChI is InChI=1S/C15H14FNO3S/c1-10-3-8-13(14(16)9-10)15(18)11-4-6-12(7-5-11)17-21(2,19)20/h3-9,17H,1-2H3. The average Bonchev–Trinajstić information content (AvgIpc) is 2.37. The van der Waals surface area contributed by atoms with Crippen LogP contribution in [0.3, 0.4) is 0 Å². The number of carbonyl (C=O) groups is 1. The molecular weight excluding hydrogens is 293 g/mol. The van der Waals surface area contributed by atoms with E-state index in [9.17, 15) is 17.6 Å². The Hall–Kier alpha value is -2.21. The molecule has 0 fully saturated rings. The Labute approximate surface area is 122 Å². The Balaban J connectivity index is 2.28. The van der Waals surface area contributed by atoms with E-state index in [1.165, 1.54) is 36.4 Å². The fraction of sp³-hybridized carbons (Fsp3) is 0.133. The summed E-state index contributed by atoms with van der Waals surface area (Å²) in [6.07, 6.45) is 1.04. The molecule has 0 heterocycles. The van der Waals surface area contributed by atoms with Gasteiger partial charge >= 0.3 is 0 Å². The Bertz CT molecular complexity index is 783. The summed E-state index contributed by atoms with van der Waals surface area (Å²) in [7, 11) is -3.37. The van der Waals surface area contributed by atoms with Gasteiger partial charge in [0.1, 0.15) is 5.82 Å². The zero-order valence-corrected chi connectivity index (χ0v) is 12.4. The topological polar surface area (TPSA) is 63.2 Å². The second-order valence-electron chi connectivity index (χ2n) is 4.76. The Morgan fingerprint density at radius 2 is 1.71 bits per heavy atom. The smallest absolute Gasteiger partial charge is 0.229 e. The second kappa shape index (κ2) is 5.65. The fourth-order valence-electron chi connectivity index (χ4n) is 1.86. The molecule has 0 bridgehead atoms. The van der Waals surface area contributed by atoms with Crippen molar-refractivity contribution in [3.63, 3.8) is 0 Å². The lowest BCUT2D eigenvalue weighted by atomic mass is 10.0. The monoisotopic (exact) mass is 307 g/mol. The van der Waals surface area contributed by atoms with E-state index in [1.807, 2.05) is 0 Å². The van der Waals surface area contributed by atoms with Gasteiger partial charge in [0.25, 0.3) is 0 Å². The van der Waals surface area contributed by atoms with Crippen LogP contribution in [0.2, 0.25) is 0 Å². The van der Waals surface area contributed by atoms with Gasteiger partial charge < -0.3 is 0 Å². The molecule has 4 nitrogen and oxygen atoms in total. The molecule has 0 atom stereocenters. The van der Waals surface area contributed by atoms with Gasteiger partial charge in [-0.1, -0.05) is 6.07 Å². The van der Waals surface area contributed by atoms with Gasteiger partial charge in [0.15, 0.2) is 5.78 Å². The molecule has 2 aromatic carbocycles. The van der Waals surface area contributed by atoms with Crippen LogP contribution in [0, 0.1) is 12.7 Å². The zero-order valence-electron chi connectivity index (χ0n) is 11.6. The van der Waals surface area contributed by atoms with Crippen LogP contribution in [0.4, 0.5) is 10.1 Å². The normalized spacial score (nSPS) is 11.2. The molecule has 0 radical (unpaired) electrons. The summed E-state index contributed by atoms with van der Waals surface area (Å²) in [6.45, 7) is 1.74. The highest BCUT2D eigenvalue weighted by Gasteiger charge is 2.14. The number of nitrogens with one attached hydrogen (secondary N) is 1. The molecule has 110 valence electrons. The van der Waals surface area contributed by atoms with Gasteiger partial charge in [-0.15, -0.1) is 0 Å². The minimum Gasteiger partial charge on any atom is -0.288 e. The van der Waals surface area contributed by atoms with Crippen LogP contribution in [0.5, 0.6) is 0 Å². The summed E-state index contributed by atoms with van der Waals surface area (Å²) >= 11 is 0. The highest BCUT2D eigenvalue weighted by atomic mass is 32.2. The Kier molecular flexibility index (Phi) is 4.09. The minimum atomic E-state index is -3.37. The van der Waals surface area contributed by atoms with Crippen molar-refractivity contribution in [3.05, 3.63) is 65.0 Å². The first-order chi connectivity index (χ1) is 9.76. The number of anilines is 1. The molecule has 0 aliphatic heterocycles. The number of rotatable bonds is 4. The van der Waals surface area contributed by atoms with E-state index in [0.717, 1.165) is 11.8 Å². The maximum Gasteiger partial charge on any atom is 0.229 e. The summed E-state index contributed by atoms with van der Waals surface area (Å²) in [5.74, 6) is -1.02. The highest BCUT2D eigenvalue weighted by Crippen LogP contribution is 2.17. The number of halogens is 1. The first-order valence-electron chi connectivity index (χ1n) is 6.15. The summed E-state index contributed by atoms with van der Waals surface area (Å²) in [4.78, 5) is 12.2. The van der Waals surface area contributed by atoms with Crippen LogP contribution < -0.4 is 4.72 Å². The number of ketones is 1. The van der Waals surface area contributed by atoms with Crippen molar-refractivity contribution in [2.75, 3.05) is 11.0 Å². The van der Waals surface area contributed by atoms with Crippen molar-refractivity contribution in [1.82, 2.24) is 0 Å². The van der Waals surface area contributed by atoms with E-state index in [4.69, 9.17) is 0 Å². The number of sulfonamides is 1. The van der Waals surface area contributed by atoms with Crippen LogP contribution in [0.25, 0.3) is 0 Å². The van der Waals surface area contributed by atoms with E-state index in [-0.39, 0.29) is 11.1 Å². The van der Waals surface area contributed by atoms with Crippen molar-refractivity contribution in [1.29, 1.82) is 0 Å². The van der Waals surface area contributed by atoms with Gasteiger partial charge in [0.05, 0.1) is 11.8 Å². The van der Waals surface area contributed by atoms with Crippen molar-refractivity contribution in [3.8, 4) is 0 Å². The summed E-state index contributed by atoms with van der Waals surface area (Å²) < 4.78 is 38.2. The zero-order chi connectivity index (χ0) is 15.6. The van der Waals surface area contributed by atoms with Crippen molar-refractivity contribution in [2.24, 2.45) is 0 Å². The minimum absolute atomic E-state index is 0.00979. The molecule has 6 heteroatoms. The van der Waals surface area contributed by atoms with E-state index in [1.54, 1.807) is 13.0 Å². The number of hydrogen-bond donors (Lipinski definition) is 1.